The van der Waals surface area contributed by atoms with Crippen LogP contribution in [0.25, 0.3) is 27.8 Å². The highest BCUT2D eigenvalue weighted by Gasteiger charge is 2.18. The number of nitrogens with zero attached hydrogens (tertiary/aromatic N) is 5. The molecule has 11 heteroatoms. The van der Waals surface area contributed by atoms with Crippen molar-refractivity contribution in [3.05, 3.63) is 77.1 Å². The highest BCUT2D eigenvalue weighted by molar-refractivity contribution is 5.82. The topological polar surface area (TPSA) is 120 Å². The molecule has 37 heavy (non-hydrogen) atoms. The van der Waals surface area contributed by atoms with Gasteiger partial charge in [0.1, 0.15) is 35.3 Å². The first-order valence-electron chi connectivity index (χ1n) is 12.1. The van der Waals surface area contributed by atoms with E-state index in [0.29, 0.717) is 65.9 Å². The quantitative estimate of drug-likeness (QED) is 0.348. The van der Waals surface area contributed by atoms with Gasteiger partial charge >= 0.3 is 0 Å². The fraction of sp³-hybridized carbons (Fsp3) is 0.269. The van der Waals surface area contributed by atoms with Crippen LogP contribution >= 0.6 is 0 Å². The Labute approximate surface area is 210 Å². The Morgan fingerprint density at radius 3 is 2.92 bits per heavy atom. The molecule has 1 fully saturated rings. The van der Waals surface area contributed by atoms with Crippen molar-refractivity contribution in [2.24, 2.45) is 0 Å². The van der Waals surface area contributed by atoms with Gasteiger partial charge in [0.2, 0.25) is 0 Å². The number of fused-ring (bicyclic) bond motifs is 2. The maximum atomic E-state index is 14.0. The minimum absolute atomic E-state index is 0.0559. The van der Waals surface area contributed by atoms with Crippen molar-refractivity contribution in [3.8, 4) is 11.4 Å². The molecule has 0 amide bonds. The smallest absolute Gasteiger partial charge is 0.266 e. The van der Waals surface area contributed by atoms with Gasteiger partial charge in [0, 0.05) is 31.9 Å². The number of hydrogen-bond donors (Lipinski definition) is 2. The highest BCUT2D eigenvalue weighted by atomic mass is 19.1. The maximum absolute atomic E-state index is 14.0. The Bertz CT molecular complexity index is 1630. The number of imidazole rings is 1. The van der Waals surface area contributed by atoms with Crippen molar-refractivity contribution >= 4 is 27.9 Å². The summed E-state index contributed by atoms with van der Waals surface area (Å²) < 4.78 is 27.1. The van der Waals surface area contributed by atoms with Gasteiger partial charge < -0.3 is 19.8 Å². The number of anilines is 1. The first-order valence-corrected chi connectivity index (χ1v) is 12.1. The fourth-order valence-corrected chi connectivity index (χ4v) is 4.51. The lowest BCUT2D eigenvalue weighted by atomic mass is 10.1. The zero-order valence-corrected chi connectivity index (χ0v) is 19.9. The Morgan fingerprint density at radius 2 is 2.03 bits per heavy atom. The molecule has 0 spiro atoms. The molecule has 0 radical (unpaired) electrons. The number of rotatable bonds is 7. The second-order valence-electron chi connectivity index (χ2n) is 8.76. The lowest BCUT2D eigenvalue weighted by Gasteiger charge is -2.23. The van der Waals surface area contributed by atoms with Crippen LogP contribution in [0, 0.1) is 5.82 Å². The summed E-state index contributed by atoms with van der Waals surface area (Å²) in [5, 5.41) is 3.48. The first kappa shape index (κ1) is 23.0. The minimum Gasteiger partial charge on any atom is -0.490 e. The van der Waals surface area contributed by atoms with E-state index in [1.54, 1.807) is 6.33 Å². The van der Waals surface area contributed by atoms with E-state index in [1.165, 1.54) is 29.1 Å². The van der Waals surface area contributed by atoms with Gasteiger partial charge in [-0.15, -0.1) is 0 Å². The molecular weight excluding hydrogens is 477 g/mol. The molecule has 6 rings (SSSR count). The van der Waals surface area contributed by atoms with Crippen LogP contribution in [-0.4, -0.2) is 55.3 Å². The van der Waals surface area contributed by atoms with Gasteiger partial charge in [-0.25, -0.2) is 24.3 Å². The lowest BCUT2D eigenvalue weighted by molar-refractivity contribution is 0.0256. The van der Waals surface area contributed by atoms with E-state index in [1.807, 2.05) is 24.3 Å². The van der Waals surface area contributed by atoms with Crippen LogP contribution in [0.2, 0.25) is 0 Å². The van der Waals surface area contributed by atoms with E-state index in [9.17, 15) is 9.18 Å². The van der Waals surface area contributed by atoms with Crippen molar-refractivity contribution in [1.82, 2.24) is 29.5 Å². The molecule has 3 aromatic heterocycles. The molecule has 5 aromatic rings. The Morgan fingerprint density at radius 1 is 1.14 bits per heavy atom. The van der Waals surface area contributed by atoms with Gasteiger partial charge in [0.25, 0.3) is 5.56 Å². The van der Waals surface area contributed by atoms with Gasteiger partial charge in [-0.2, -0.15) is 0 Å². The van der Waals surface area contributed by atoms with Crippen LogP contribution < -0.4 is 15.6 Å². The zero-order valence-electron chi connectivity index (χ0n) is 19.9. The number of aromatic amines is 1. The number of aromatic nitrogens is 6. The monoisotopic (exact) mass is 501 g/mol. The molecule has 2 aromatic carbocycles. The largest absolute Gasteiger partial charge is 0.490 e. The van der Waals surface area contributed by atoms with Crippen molar-refractivity contribution in [1.29, 1.82) is 0 Å². The second kappa shape index (κ2) is 9.94. The average Bonchev–Trinajstić information content (AvgIpc) is 3.40. The van der Waals surface area contributed by atoms with Crippen LogP contribution in [0.3, 0.4) is 0 Å². The van der Waals surface area contributed by atoms with E-state index in [4.69, 9.17) is 14.5 Å². The third-order valence-electron chi connectivity index (χ3n) is 6.31. The summed E-state index contributed by atoms with van der Waals surface area (Å²) in [6, 6.07) is 11.4. The Hall–Kier alpha value is -4.38. The third-order valence-corrected chi connectivity index (χ3v) is 6.31. The molecule has 0 atom stereocenters. The molecule has 10 nitrogen and oxygen atoms in total. The van der Waals surface area contributed by atoms with Gasteiger partial charge in [-0.1, -0.05) is 6.07 Å². The van der Waals surface area contributed by atoms with Gasteiger partial charge in [-0.3, -0.25) is 9.36 Å². The molecule has 0 bridgehead atoms. The highest BCUT2D eigenvalue weighted by Crippen LogP contribution is 2.23. The molecule has 2 N–H and O–H groups in total. The van der Waals surface area contributed by atoms with Crippen molar-refractivity contribution in [2.75, 3.05) is 25.1 Å². The number of benzene rings is 2. The summed E-state index contributed by atoms with van der Waals surface area (Å²) in [5.74, 6) is 1.29. The van der Waals surface area contributed by atoms with Crippen molar-refractivity contribution in [2.45, 2.75) is 25.4 Å². The van der Waals surface area contributed by atoms with E-state index >= 15 is 0 Å². The molecule has 0 saturated carbocycles. The Balaban J connectivity index is 1.35. The van der Waals surface area contributed by atoms with Crippen LogP contribution in [0.1, 0.15) is 18.7 Å². The zero-order chi connectivity index (χ0) is 25.2. The molecule has 1 aliphatic rings. The van der Waals surface area contributed by atoms with Crippen LogP contribution in [0.4, 0.5) is 10.2 Å². The predicted molar refractivity (Wildman–Crippen MR) is 136 cm³/mol. The number of ether oxygens (including phenoxy) is 2. The normalized spacial score (nSPS) is 14.3. The number of halogens is 1. The van der Waals surface area contributed by atoms with E-state index in [0.717, 1.165) is 12.8 Å². The van der Waals surface area contributed by atoms with Gasteiger partial charge in [-0.05, 0) is 30.3 Å². The standard InChI is InChI=1S/C26H24FN7O3/c27-16-4-5-21-20(12-16)26(35)34(17-2-1-3-19(13-17)37-18-7-10-36-11-8-18)22(33-21)6-9-28-24-23-25(30-14-29-23)32-15-31-24/h1-5,12-15,18H,6-11H2,(H2,28,29,30,31,32). The fourth-order valence-electron chi connectivity index (χ4n) is 4.51. The molecule has 0 unspecified atom stereocenters. The second-order valence-corrected chi connectivity index (χ2v) is 8.76. The molecule has 0 aliphatic carbocycles. The molecular formula is C26H24FN7O3. The van der Waals surface area contributed by atoms with Crippen molar-refractivity contribution < 1.29 is 13.9 Å². The average molecular weight is 502 g/mol. The predicted octanol–water partition coefficient (Wildman–Crippen LogP) is 3.40. The minimum atomic E-state index is -0.490. The van der Waals surface area contributed by atoms with Crippen LogP contribution in [0.5, 0.6) is 5.75 Å². The summed E-state index contributed by atoms with van der Waals surface area (Å²) >= 11 is 0. The summed E-state index contributed by atoms with van der Waals surface area (Å²) in [4.78, 5) is 33.9. The van der Waals surface area contributed by atoms with E-state index in [-0.39, 0.29) is 17.0 Å². The summed E-state index contributed by atoms with van der Waals surface area (Å²) in [5.41, 5.74) is 1.94. The van der Waals surface area contributed by atoms with Crippen molar-refractivity contribution in [3.63, 3.8) is 0 Å². The number of nitrogens with one attached hydrogen (secondary N) is 2. The molecule has 188 valence electrons. The SMILES string of the molecule is O=c1c2cc(F)ccc2nc(CCNc2ncnc3nc[nH]c23)n1-c1cccc(OC2CCOCC2)c1. The Kier molecular flexibility index (Phi) is 6.19. The number of H-pyrrole nitrogens is 1. The first-order chi connectivity index (χ1) is 18.2. The lowest BCUT2D eigenvalue weighted by Crippen LogP contribution is -2.27. The molecule has 1 aliphatic heterocycles. The van der Waals surface area contributed by atoms with Gasteiger partial charge in [0.15, 0.2) is 11.5 Å². The van der Waals surface area contributed by atoms with Crippen LogP contribution in [-0.2, 0) is 11.2 Å². The molecule has 4 heterocycles. The summed E-state index contributed by atoms with van der Waals surface area (Å²) in [7, 11) is 0. The molecule has 1 saturated heterocycles. The van der Waals surface area contributed by atoms with E-state index < -0.39 is 5.82 Å². The van der Waals surface area contributed by atoms with E-state index in [2.05, 4.69) is 25.3 Å². The summed E-state index contributed by atoms with van der Waals surface area (Å²) in [6.45, 7) is 1.76. The third kappa shape index (κ3) is 4.73. The van der Waals surface area contributed by atoms with Gasteiger partial charge in [0.05, 0.1) is 36.1 Å². The summed E-state index contributed by atoms with van der Waals surface area (Å²) in [6.07, 6.45) is 5.07. The van der Waals surface area contributed by atoms with Crippen LogP contribution in [0.15, 0.2) is 59.9 Å². The maximum Gasteiger partial charge on any atom is 0.266 e. The number of hydrogen-bond acceptors (Lipinski definition) is 8.